The molecule has 4 N–H and O–H groups in total. The van der Waals surface area contributed by atoms with Crippen molar-refractivity contribution in [3.05, 3.63) is 34.9 Å². The number of anilines is 1. The zero-order valence-electron chi connectivity index (χ0n) is 34.3. The first-order valence-corrected chi connectivity index (χ1v) is 22.8. The first kappa shape index (κ1) is 49.5. The summed E-state index contributed by atoms with van der Waals surface area (Å²) in [6.07, 6.45) is 22.1. The van der Waals surface area contributed by atoms with E-state index >= 15 is 0 Å². The summed E-state index contributed by atoms with van der Waals surface area (Å²) in [7, 11) is -4.78. The Balaban J connectivity index is 1.81. The number of carbonyl (C=O) groups is 2. The number of esters is 2. The average molecular weight is 814 g/mol. The number of ether oxygens (including phenoxy) is 3. The maximum absolute atomic E-state index is 12.9. The molecule has 1 aromatic rings. The standard InChI is InChI=1S/C41H72N3O11P/c1-4-6-8-10-12-14-16-18-20-22-24-26-37(45)51-30-34(54-38(46)27-25-23-21-19-17-15-13-11-9-7-5-2)31-52-56(49,50)53-32-35-39(47)33(3)40(55-35)44-29-28-36(42)43-41(44)48/h28-29,34-35,39-40,47H,3-27,30-32H2,1-2H3,(H,49,50)(H2,42,43,48)/t34-,35-,39+,40-/m1/s1. The Morgan fingerprint density at radius 2 is 1.30 bits per heavy atom. The summed E-state index contributed by atoms with van der Waals surface area (Å²) in [5.41, 5.74) is 4.93. The van der Waals surface area contributed by atoms with Crippen LogP contribution in [0.15, 0.2) is 29.2 Å². The lowest BCUT2D eigenvalue weighted by atomic mass is 10.1. The quantitative estimate of drug-likeness (QED) is 0.0259. The van der Waals surface area contributed by atoms with Crippen LogP contribution in [0.5, 0.6) is 0 Å². The van der Waals surface area contributed by atoms with Crippen molar-refractivity contribution >= 4 is 25.6 Å². The number of nitrogens with two attached hydrogens (primary N) is 1. The number of aliphatic hydroxyl groups excluding tert-OH is 1. The highest BCUT2D eigenvalue weighted by molar-refractivity contribution is 7.47. The van der Waals surface area contributed by atoms with Crippen LogP contribution in [-0.4, -0.2) is 69.6 Å². The summed E-state index contributed by atoms with van der Waals surface area (Å²) < 4.78 is 40.8. The van der Waals surface area contributed by atoms with Crippen LogP contribution in [0.4, 0.5) is 5.82 Å². The Morgan fingerprint density at radius 3 is 1.80 bits per heavy atom. The van der Waals surface area contributed by atoms with Crippen LogP contribution in [0.1, 0.15) is 174 Å². The van der Waals surface area contributed by atoms with Gasteiger partial charge in [-0.3, -0.25) is 23.2 Å². The van der Waals surface area contributed by atoms with E-state index in [1.807, 2.05) is 0 Å². The minimum absolute atomic E-state index is 0.00541. The fourth-order valence-electron chi connectivity index (χ4n) is 6.56. The smallest absolute Gasteiger partial charge is 0.462 e. The Kier molecular flexibility index (Phi) is 26.2. The van der Waals surface area contributed by atoms with Crippen molar-refractivity contribution < 1.29 is 47.4 Å². The molecule has 1 unspecified atom stereocenters. The number of nitrogen functional groups attached to an aromatic ring is 1. The highest BCUT2D eigenvalue weighted by Gasteiger charge is 2.41. The number of rotatable bonds is 34. The van der Waals surface area contributed by atoms with Crippen LogP contribution < -0.4 is 11.4 Å². The molecule has 0 aromatic carbocycles. The monoisotopic (exact) mass is 813 g/mol. The predicted molar refractivity (Wildman–Crippen MR) is 217 cm³/mol. The number of phosphoric ester groups is 1. The van der Waals surface area contributed by atoms with Crippen molar-refractivity contribution in [2.75, 3.05) is 25.6 Å². The molecule has 1 aliphatic rings. The molecule has 0 spiro atoms. The second-order valence-corrected chi connectivity index (χ2v) is 16.5. The minimum Gasteiger partial charge on any atom is -0.462 e. The largest absolute Gasteiger partial charge is 0.472 e. The van der Waals surface area contributed by atoms with Crippen LogP contribution >= 0.6 is 7.82 Å². The lowest BCUT2D eigenvalue weighted by molar-refractivity contribution is -0.161. The van der Waals surface area contributed by atoms with Crippen LogP contribution in [0.3, 0.4) is 0 Å². The lowest BCUT2D eigenvalue weighted by Gasteiger charge is -2.21. The maximum Gasteiger partial charge on any atom is 0.472 e. The average Bonchev–Trinajstić information content (AvgIpc) is 3.45. The Morgan fingerprint density at radius 1 is 0.821 bits per heavy atom. The maximum atomic E-state index is 12.9. The van der Waals surface area contributed by atoms with Crippen molar-refractivity contribution in [1.29, 1.82) is 0 Å². The van der Waals surface area contributed by atoms with Crippen molar-refractivity contribution in [1.82, 2.24) is 9.55 Å². The van der Waals surface area contributed by atoms with Gasteiger partial charge in [0.1, 0.15) is 24.6 Å². The molecule has 14 nitrogen and oxygen atoms in total. The SMILES string of the molecule is C=C1[C@H](n2ccc(N)nc2=O)O[C@H](COP(=O)(O)OC[C@@H](COC(=O)CCCCCCCCCCCCC)OC(=O)CCCCCCCCCCCCC)[C@H]1O. The molecule has 1 aromatic heterocycles. The van der Waals surface area contributed by atoms with E-state index in [1.165, 1.54) is 102 Å². The van der Waals surface area contributed by atoms with Crippen molar-refractivity contribution in [3.8, 4) is 0 Å². The fourth-order valence-corrected chi connectivity index (χ4v) is 7.32. The second kappa shape index (κ2) is 29.6. The van der Waals surface area contributed by atoms with Crippen LogP contribution in [0, 0.1) is 0 Å². The molecule has 0 radical (unpaired) electrons. The number of aromatic nitrogens is 2. The highest BCUT2D eigenvalue weighted by Crippen LogP contribution is 2.45. The van der Waals surface area contributed by atoms with E-state index in [-0.39, 0.29) is 30.8 Å². The van der Waals surface area contributed by atoms with Crippen LogP contribution in [-0.2, 0) is 37.4 Å². The second-order valence-electron chi connectivity index (χ2n) is 15.0. The Hall–Kier alpha value is -2.61. The summed E-state index contributed by atoms with van der Waals surface area (Å²) in [6.45, 7) is 6.67. The number of phosphoric acid groups is 1. The summed E-state index contributed by atoms with van der Waals surface area (Å²) in [6, 6.07) is 1.38. The molecule has 0 amide bonds. The predicted octanol–water partition coefficient (Wildman–Crippen LogP) is 8.63. The number of aliphatic hydroxyl groups is 1. The van der Waals surface area contributed by atoms with Gasteiger partial charge in [0.15, 0.2) is 12.3 Å². The van der Waals surface area contributed by atoms with Gasteiger partial charge in [-0.1, -0.05) is 149 Å². The number of hydrogen-bond donors (Lipinski definition) is 3. The van der Waals surface area contributed by atoms with Gasteiger partial charge in [-0.25, -0.2) is 9.36 Å². The molecule has 56 heavy (non-hydrogen) atoms. The summed E-state index contributed by atoms with van der Waals surface area (Å²) in [4.78, 5) is 51.7. The number of carbonyl (C=O) groups excluding carboxylic acids is 2. The molecule has 0 saturated carbocycles. The number of hydrogen-bond acceptors (Lipinski definition) is 12. The van der Waals surface area contributed by atoms with E-state index in [2.05, 4.69) is 25.4 Å². The zero-order chi connectivity index (χ0) is 41.0. The van der Waals surface area contributed by atoms with E-state index in [9.17, 15) is 28.9 Å². The topological polar surface area (TPSA) is 199 Å². The fraction of sp³-hybridized carbons (Fsp3) is 0.805. The molecule has 2 rings (SSSR count). The van der Waals surface area contributed by atoms with Gasteiger partial charge in [-0.15, -0.1) is 0 Å². The van der Waals surface area contributed by atoms with E-state index in [4.69, 9.17) is 29.0 Å². The van der Waals surface area contributed by atoms with Gasteiger partial charge in [0.25, 0.3) is 0 Å². The van der Waals surface area contributed by atoms with Gasteiger partial charge in [0.2, 0.25) is 0 Å². The van der Waals surface area contributed by atoms with Crippen molar-refractivity contribution in [3.63, 3.8) is 0 Å². The van der Waals surface area contributed by atoms with Crippen LogP contribution in [0.25, 0.3) is 0 Å². The van der Waals surface area contributed by atoms with Gasteiger partial charge in [-0.2, -0.15) is 4.98 Å². The van der Waals surface area contributed by atoms with Crippen molar-refractivity contribution in [2.24, 2.45) is 0 Å². The highest BCUT2D eigenvalue weighted by atomic mass is 31.2. The first-order valence-electron chi connectivity index (χ1n) is 21.3. The molecule has 2 heterocycles. The van der Waals surface area contributed by atoms with E-state index in [1.54, 1.807) is 0 Å². The summed E-state index contributed by atoms with van der Waals surface area (Å²) in [5.74, 6) is -0.969. The molecular weight excluding hydrogens is 741 g/mol. The Labute approximate surface area is 334 Å². The minimum atomic E-state index is -4.78. The molecule has 15 heteroatoms. The molecule has 1 fully saturated rings. The molecule has 0 bridgehead atoms. The normalized spacial score (nSPS) is 18.5. The summed E-state index contributed by atoms with van der Waals surface area (Å²) >= 11 is 0. The van der Waals surface area contributed by atoms with Gasteiger partial charge in [0.05, 0.1) is 13.2 Å². The molecule has 5 atom stereocenters. The zero-order valence-corrected chi connectivity index (χ0v) is 35.1. The number of nitrogens with zero attached hydrogens (tertiary/aromatic N) is 2. The van der Waals surface area contributed by atoms with E-state index < -0.39 is 63.2 Å². The van der Waals surface area contributed by atoms with Crippen molar-refractivity contribution in [2.45, 2.75) is 192 Å². The van der Waals surface area contributed by atoms with E-state index in [0.29, 0.717) is 12.8 Å². The van der Waals surface area contributed by atoms with Gasteiger partial charge < -0.3 is 29.9 Å². The van der Waals surface area contributed by atoms with Crippen LogP contribution in [0.2, 0.25) is 0 Å². The van der Waals surface area contributed by atoms with Gasteiger partial charge >= 0.3 is 25.5 Å². The molecular formula is C41H72N3O11P. The molecule has 1 aliphatic heterocycles. The van der Waals surface area contributed by atoms with E-state index in [0.717, 1.165) is 43.1 Å². The molecule has 322 valence electrons. The third kappa shape index (κ3) is 21.8. The number of unbranched alkanes of at least 4 members (excludes halogenated alkanes) is 20. The van der Waals surface area contributed by atoms with Gasteiger partial charge in [-0.05, 0) is 18.9 Å². The lowest BCUT2D eigenvalue weighted by Crippen LogP contribution is -2.30. The molecule has 0 aliphatic carbocycles. The third-order valence-electron chi connectivity index (χ3n) is 9.98. The Bertz CT molecular complexity index is 1360. The molecule has 1 saturated heterocycles. The third-order valence-corrected chi connectivity index (χ3v) is 10.9. The van der Waals surface area contributed by atoms with Gasteiger partial charge in [0, 0.05) is 24.6 Å². The first-order chi connectivity index (χ1) is 27.0. The summed E-state index contributed by atoms with van der Waals surface area (Å²) in [5, 5.41) is 10.6.